The Morgan fingerprint density at radius 3 is 2.53 bits per heavy atom. The number of aromatic nitrogens is 4. The number of aromatic amines is 1. The topological polar surface area (TPSA) is 83.6 Å². The fourth-order valence-corrected chi connectivity index (χ4v) is 1.05. The molecule has 6 nitrogen and oxygen atoms in total. The van der Waals surface area contributed by atoms with E-state index < -0.39 is 29.0 Å². The van der Waals surface area contributed by atoms with E-state index in [0.29, 0.717) is 12.1 Å². The Hall–Kier alpha value is -2.45. The molecule has 2 rings (SSSR count). The lowest BCUT2D eigenvalue weighted by Crippen LogP contribution is -2.15. The first-order chi connectivity index (χ1) is 8.08. The molecule has 1 heterocycles. The van der Waals surface area contributed by atoms with Gasteiger partial charge in [0.15, 0.2) is 11.6 Å². The Labute approximate surface area is 91.8 Å². The highest BCUT2D eigenvalue weighted by molar-refractivity contribution is 6.01. The van der Waals surface area contributed by atoms with Crippen molar-refractivity contribution in [1.29, 1.82) is 0 Å². The first-order valence-electron chi connectivity index (χ1n) is 4.27. The summed E-state index contributed by atoms with van der Waals surface area (Å²) in [5.41, 5.74) is -0.515. The molecule has 0 aliphatic rings. The molecule has 2 aromatic rings. The zero-order chi connectivity index (χ0) is 12.4. The van der Waals surface area contributed by atoms with Gasteiger partial charge < -0.3 is 5.32 Å². The van der Waals surface area contributed by atoms with Gasteiger partial charge in [-0.1, -0.05) is 0 Å². The van der Waals surface area contributed by atoms with Crippen molar-refractivity contribution < 1.29 is 18.0 Å². The number of benzene rings is 1. The minimum Gasteiger partial charge on any atom is -0.316 e. The summed E-state index contributed by atoms with van der Waals surface area (Å²) in [7, 11) is 0. The van der Waals surface area contributed by atoms with Gasteiger partial charge in [0.25, 0.3) is 11.7 Å². The van der Waals surface area contributed by atoms with Crippen LogP contribution >= 0.6 is 0 Å². The number of carbonyl (C=O) groups is 1. The Morgan fingerprint density at radius 1 is 1.18 bits per heavy atom. The van der Waals surface area contributed by atoms with Crippen molar-refractivity contribution in [2.24, 2.45) is 0 Å². The number of halogens is 3. The maximum Gasteiger partial charge on any atom is 0.297 e. The molecule has 0 unspecified atom stereocenters. The molecule has 88 valence electrons. The van der Waals surface area contributed by atoms with Gasteiger partial charge in [0.2, 0.25) is 0 Å². The third-order valence-corrected chi connectivity index (χ3v) is 1.81. The number of carbonyl (C=O) groups excluding carboxylic acids is 1. The molecule has 0 radical (unpaired) electrons. The van der Waals surface area contributed by atoms with Gasteiger partial charge in [0, 0.05) is 12.1 Å². The number of anilines is 1. The van der Waals surface area contributed by atoms with E-state index in [1.165, 1.54) is 0 Å². The Morgan fingerprint density at radius 2 is 1.88 bits per heavy atom. The van der Waals surface area contributed by atoms with Gasteiger partial charge in [-0.3, -0.25) is 4.79 Å². The molecular weight excluding hydrogens is 239 g/mol. The number of tetrazole rings is 1. The summed E-state index contributed by atoms with van der Waals surface area (Å²) in [5.74, 6) is -4.99. The quantitative estimate of drug-likeness (QED) is 0.766. The zero-order valence-corrected chi connectivity index (χ0v) is 8.04. The molecular formula is C8H4F3N5O. The van der Waals surface area contributed by atoms with Crippen molar-refractivity contribution in [2.75, 3.05) is 5.32 Å². The average Bonchev–Trinajstić information content (AvgIpc) is 2.79. The van der Waals surface area contributed by atoms with E-state index in [4.69, 9.17) is 0 Å². The van der Waals surface area contributed by atoms with E-state index >= 15 is 0 Å². The van der Waals surface area contributed by atoms with E-state index in [1.54, 1.807) is 0 Å². The van der Waals surface area contributed by atoms with Gasteiger partial charge >= 0.3 is 0 Å². The number of hydrogen-bond donors (Lipinski definition) is 2. The van der Waals surface area contributed by atoms with Crippen LogP contribution in [0.1, 0.15) is 10.6 Å². The molecule has 9 heteroatoms. The predicted octanol–water partition coefficient (Wildman–Crippen LogP) is 0.869. The molecule has 17 heavy (non-hydrogen) atoms. The maximum atomic E-state index is 13.1. The van der Waals surface area contributed by atoms with Crippen molar-refractivity contribution >= 4 is 11.6 Å². The van der Waals surface area contributed by atoms with Crippen LogP contribution in [0.4, 0.5) is 18.9 Å². The summed E-state index contributed by atoms with van der Waals surface area (Å²) in [6, 6.07) is 0.837. The molecule has 1 amide bonds. The van der Waals surface area contributed by atoms with Crippen molar-refractivity contribution in [3.8, 4) is 0 Å². The molecule has 1 aromatic carbocycles. The van der Waals surface area contributed by atoms with Gasteiger partial charge in [0.05, 0.1) is 5.69 Å². The summed E-state index contributed by atoms with van der Waals surface area (Å²) < 4.78 is 38.6. The molecule has 0 spiro atoms. The predicted molar refractivity (Wildman–Crippen MR) is 48.4 cm³/mol. The van der Waals surface area contributed by atoms with Crippen LogP contribution in [0.5, 0.6) is 0 Å². The molecule has 1 aromatic heterocycles. The largest absolute Gasteiger partial charge is 0.316 e. The molecule has 0 aliphatic heterocycles. The van der Waals surface area contributed by atoms with Gasteiger partial charge in [-0.25, -0.2) is 13.2 Å². The second-order valence-electron chi connectivity index (χ2n) is 2.94. The van der Waals surface area contributed by atoms with E-state index in [2.05, 4.69) is 15.4 Å². The van der Waals surface area contributed by atoms with Crippen molar-refractivity contribution in [2.45, 2.75) is 0 Å². The summed E-state index contributed by atoms with van der Waals surface area (Å²) in [6.45, 7) is 0. The summed E-state index contributed by atoms with van der Waals surface area (Å²) in [6.07, 6.45) is 0. The monoisotopic (exact) mass is 243 g/mol. The summed E-state index contributed by atoms with van der Waals surface area (Å²) in [5, 5.41) is 13.8. The number of nitrogens with one attached hydrogen (secondary N) is 2. The number of rotatable bonds is 2. The highest BCUT2D eigenvalue weighted by Crippen LogP contribution is 2.18. The molecule has 0 fully saturated rings. The number of nitrogens with zero attached hydrogens (tertiary/aromatic N) is 3. The maximum absolute atomic E-state index is 13.1. The Balaban J connectivity index is 2.25. The van der Waals surface area contributed by atoms with Crippen LogP contribution in [-0.2, 0) is 0 Å². The van der Waals surface area contributed by atoms with Crippen LogP contribution < -0.4 is 5.32 Å². The average molecular weight is 243 g/mol. The summed E-state index contributed by atoms with van der Waals surface area (Å²) in [4.78, 5) is 11.3. The van der Waals surface area contributed by atoms with Crippen LogP contribution in [0, 0.1) is 17.5 Å². The highest BCUT2D eigenvalue weighted by atomic mass is 19.2. The molecule has 0 aliphatic carbocycles. The third-order valence-electron chi connectivity index (χ3n) is 1.81. The first-order valence-corrected chi connectivity index (χ1v) is 4.27. The highest BCUT2D eigenvalue weighted by Gasteiger charge is 2.15. The van der Waals surface area contributed by atoms with Crippen molar-refractivity contribution in [3.05, 3.63) is 35.4 Å². The number of hydrogen-bond acceptors (Lipinski definition) is 4. The van der Waals surface area contributed by atoms with Gasteiger partial charge in [-0.05, 0) is 5.21 Å². The fourth-order valence-electron chi connectivity index (χ4n) is 1.05. The molecule has 0 bridgehead atoms. The third kappa shape index (κ3) is 2.22. The van der Waals surface area contributed by atoms with Crippen LogP contribution in [0.25, 0.3) is 0 Å². The van der Waals surface area contributed by atoms with E-state index in [1.807, 2.05) is 10.5 Å². The van der Waals surface area contributed by atoms with Crippen LogP contribution in [0.3, 0.4) is 0 Å². The smallest absolute Gasteiger partial charge is 0.297 e. The lowest BCUT2D eigenvalue weighted by atomic mass is 10.3. The van der Waals surface area contributed by atoms with Crippen molar-refractivity contribution in [1.82, 2.24) is 20.6 Å². The van der Waals surface area contributed by atoms with Gasteiger partial charge in [-0.2, -0.15) is 5.21 Å². The lowest BCUT2D eigenvalue weighted by molar-refractivity contribution is 0.101. The Bertz CT molecular complexity index is 557. The molecule has 0 saturated heterocycles. The van der Waals surface area contributed by atoms with E-state index in [0.717, 1.165) is 0 Å². The molecule has 0 saturated carbocycles. The molecule has 0 atom stereocenters. The Kier molecular flexibility index (Phi) is 2.73. The van der Waals surface area contributed by atoms with Crippen molar-refractivity contribution in [3.63, 3.8) is 0 Å². The zero-order valence-electron chi connectivity index (χ0n) is 8.04. The number of amides is 1. The first kappa shape index (κ1) is 11.0. The molecule has 2 N–H and O–H groups in total. The second kappa shape index (κ2) is 4.20. The summed E-state index contributed by atoms with van der Waals surface area (Å²) >= 11 is 0. The van der Waals surface area contributed by atoms with E-state index in [-0.39, 0.29) is 5.82 Å². The number of H-pyrrole nitrogens is 1. The second-order valence-corrected chi connectivity index (χ2v) is 2.94. The SMILES string of the molecule is O=C(Nc1cc(F)c(F)cc1F)c1nn[nH]n1. The normalized spacial score (nSPS) is 10.3. The fraction of sp³-hybridized carbons (Fsp3) is 0. The van der Waals surface area contributed by atoms with Crippen LogP contribution in [-0.4, -0.2) is 26.5 Å². The minimum atomic E-state index is -1.35. The van der Waals surface area contributed by atoms with Crippen LogP contribution in [0.15, 0.2) is 12.1 Å². The van der Waals surface area contributed by atoms with Crippen LogP contribution in [0.2, 0.25) is 0 Å². The van der Waals surface area contributed by atoms with Gasteiger partial charge in [0.1, 0.15) is 5.82 Å². The van der Waals surface area contributed by atoms with E-state index in [9.17, 15) is 18.0 Å². The standard InChI is InChI=1S/C8H4F3N5O/c9-3-1-5(11)6(2-4(3)10)12-8(17)7-13-15-16-14-7/h1-2H,(H,12,17)(H,13,14,15,16). The minimum absolute atomic E-state index is 0.321. The van der Waals surface area contributed by atoms with Gasteiger partial charge in [-0.15, -0.1) is 10.2 Å². The lowest BCUT2D eigenvalue weighted by Gasteiger charge is -2.04.